The van der Waals surface area contributed by atoms with E-state index in [0.29, 0.717) is 17.2 Å². The molecule has 0 spiro atoms. The summed E-state index contributed by atoms with van der Waals surface area (Å²) in [5, 5.41) is 2.57. The van der Waals surface area contributed by atoms with Gasteiger partial charge in [-0.05, 0) is 63.2 Å². The van der Waals surface area contributed by atoms with Crippen LogP contribution < -0.4 is 14.8 Å². The van der Waals surface area contributed by atoms with Gasteiger partial charge in [0, 0.05) is 5.69 Å². The highest BCUT2D eigenvalue weighted by Crippen LogP contribution is 2.24. The maximum atomic E-state index is 12.4. The van der Waals surface area contributed by atoms with Crippen molar-refractivity contribution < 1.29 is 33.3 Å². The van der Waals surface area contributed by atoms with Crippen molar-refractivity contribution in [3.8, 4) is 11.5 Å². The van der Waals surface area contributed by atoms with Crippen LogP contribution in [0, 0.1) is 0 Å². The molecule has 0 aromatic heterocycles. The van der Waals surface area contributed by atoms with Crippen LogP contribution in [0.5, 0.6) is 11.5 Å². The van der Waals surface area contributed by atoms with E-state index in [2.05, 4.69) is 5.32 Å². The van der Waals surface area contributed by atoms with E-state index in [9.17, 15) is 14.4 Å². The van der Waals surface area contributed by atoms with Crippen molar-refractivity contribution in [2.45, 2.75) is 26.4 Å². The first-order valence-electron chi connectivity index (χ1n) is 9.15. The second-order valence-corrected chi connectivity index (χ2v) is 7.27. The molecule has 1 N–H and O–H groups in total. The fraction of sp³-hybridized carbons (Fsp3) is 0.318. The molecule has 0 heterocycles. The summed E-state index contributed by atoms with van der Waals surface area (Å²) in [5.74, 6) is -0.260. The van der Waals surface area contributed by atoms with Crippen molar-refractivity contribution in [2.24, 2.45) is 0 Å². The number of ketones is 1. The summed E-state index contributed by atoms with van der Waals surface area (Å²) < 4.78 is 20.6. The Labute approximate surface area is 175 Å². The van der Waals surface area contributed by atoms with E-state index in [1.165, 1.54) is 44.6 Å². The quantitative estimate of drug-likeness (QED) is 0.537. The van der Waals surface area contributed by atoms with Gasteiger partial charge in [-0.25, -0.2) is 9.59 Å². The van der Waals surface area contributed by atoms with Crippen molar-refractivity contribution in [1.82, 2.24) is 0 Å². The number of carbonyl (C=O) groups is 3. The molecule has 0 aliphatic heterocycles. The summed E-state index contributed by atoms with van der Waals surface area (Å²) in [6.45, 7) is 4.82. The van der Waals surface area contributed by atoms with Crippen molar-refractivity contribution >= 4 is 23.5 Å². The molecule has 2 aromatic rings. The Morgan fingerprint density at radius 3 is 2.17 bits per heavy atom. The van der Waals surface area contributed by atoms with Gasteiger partial charge in [-0.15, -0.1) is 0 Å². The fourth-order valence-corrected chi connectivity index (χ4v) is 2.44. The molecule has 0 aliphatic carbocycles. The molecule has 0 bridgehead atoms. The van der Waals surface area contributed by atoms with Crippen LogP contribution in [0.3, 0.4) is 0 Å². The molecule has 1 amide bonds. The van der Waals surface area contributed by atoms with Crippen LogP contribution in [0.2, 0.25) is 0 Å². The number of anilines is 1. The Morgan fingerprint density at radius 2 is 1.60 bits per heavy atom. The Morgan fingerprint density at radius 1 is 0.933 bits per heavy atom. The first-order chi connectivity index (χ1) is 14.1. The summed E-state index contributed by atoms with van der Waals surface area (Å²) in [6, 6.07) is 10.8. The van der Waals surface area contributed by atoms with Crippen molar-refractivity contribution in [3.63, 3.8) is 0 Å². The number of nitrogens with one attached hydrogen (secondary N) is 1. The van der Waals surface area contributed by atoms with Crippen LogP contribution in [0.25, 0.3) is 0 Å². The van der Waals surface area contributed by atoms with Gasteiger partial charge in [0.2, 0.25) is 5.78 Å². The minimum atomic E-state index is -0.672. The van der Waals surface area contributed by atoms with E-state index < -0.39 is 30.1 Å². The molecular formula is C22H25NO7. The lowest BCUT2D eigenvalue weighted by Crippen LogP contribution is -2.27. The molecule has 0 atom stereocenters. The van der Waals surface area contributed by atoms with E-state index in [4.69, 9.17) is 18.9 Å². The maximum absolute atomic E-state index is 12.4. The highest BCUT2D eigenvalue weighted by atomic mass is 16.6. The van der Waals surface area contributed by atoms with Gasteiger partial charge in [0.15, 0.2) is 6.61 Å². The van der Waals surface area contributed by atoms with E-state index in [0.717, 1.165) is 0 Å². The SMILES string of the molecule is COc1ccc(OC)c(C(=O)COC(=O)c2ccc(NC(=O)OC(C)(C)C)cc2)c1. The van der Waals surface area contributed by atoms with E-state index in [1.54, 1.807) is 32.9 Å². The predicted molar refractivity (Wildman–Crippen MR) is 110 cm³/mol. The number of hydrogen-bond donors (Lipinski definition) is 1. The second-order valence-electron chi connectivity index (χ2n) is 7.27. The summed E-state index contributed by atoms with van der Waals surface area (Å²) in [7, 11) is 2.93. The third-order valence-electron chi connectivity index (χ3n) is 3.81. The minimum Gasteiger partial charge on any atom is -0.497 e. The van der Waals surface area contributed by atoms with Gasteiger partial charge in [-0.3, -0.25) is 10.1 Å². The molecule has 0 radical (unpaired) electrons. The monoisotopic (exact) mass is 415 g/mol. The number of benzene rings is 2. The lowest BCUT2D eigenvalue weighted by atomic mass is 10.1. The minimum absolute atomic E-state index is 0.232. The number of Topliss-reactive ketones (excluding diaryl/α,β-unsaturated/α-hetero) is 1. The third-order valence-corrected chi connectivity index (χ3v) is 3.81. The molecule has 0 saturated heterocycles. The Bertz CT molecular complexity index is 914. The predicted octanol–water partition coefficient (Wildman–Crippen LogP) is 4.09. The van der Waals surface area contributed by atoms with E-state index in [-0.39, 0.29) is 11.1 Å². The molecule has 0 saturated carbocycles. The van der Waals surface area contributed by atoms with Crippen LogP contribution in [0.1, 0.15) is 41.5 Å². The second kappa shape index (κ2) is 9.78. The van der Waals surface area contributed by atoms with Gasteiger partial charge in [0.25, 0.3) is 0 Å². The molecule has 2 rings (SSSR count). The average molecular weight is 415 g/mol. The molecule has 8 heteroatoms. The van der Waals surface area contributed by atoms with E-state index >= 15 is 0 Å². The van der Waals surface area contributed by atoms with Gasteiger partial charge < -0.3 is 18.9 Å². The molecule has 2 aromatic carbocycles. The van der Waals surface area contributed by atoms with Crippen LogP contribution in [0.15, 0.2) is 42.5 Å². The zero-order valence-corrected chi connectivity index (χ0v) is 17.6. The average Bonchev–Trinajstić information content (AvgIpc) is 2.70. The molecule has 8 nitrogen and oxygen atoms in total. The summed E-state index contributed by atoms with van der Waals surface area (Å²) >= 11 is 0. The molecular weight excluding hydrogens is 390 g/mol. The summed E-state index contributed by atoms with van der Waals surface area (Å²) in [4.78, 5) is 36.5. The number of hydrogen-bond acceptors (Lipinski definition) is 7. The van der Waals surface area contributed by atoms with Gasteiger partial charge in [-0.1, -0.05) is 0 Å². The highest BCUT2D eigenvalue weighted by Gasteiger charge is 2.18. The number of methoxy groups -OCH3 is 2. The molecule has 30 heavy (non-hydrogen) atoms. The number of amides is 1. The number of esters is 1. The van der Waals surface area contributed by atoms with Crippen molar-refractivity contribution in [2.75, 3.05) is 26.1 Å². The van der Waals surface area contributed by atoms with Gasteiger partial charge >= 0.3 is 12.1 Å². The van der Waals surface area contributed by atoms with Gasteiger partial charge in [-0.2, -0.15) is 0 Å². The smallest absolute Gasteiger partial charge is 0.412 e. The fourth-order valence-electron chi connectivity index (χ4n) is 2.44. The lowest BCUT2D eigenvalue weighted by molar-refractivity contribution is 0.0474. The maximum Gasteiger partial charge on any atom is 0.412 e. The largest absolute Gasteiger partial charge is 0.497 e. The zero-order chi connectivity index (χ0) is 22.3. The molecule has 0 fully saturated rings. The number of ether oxygens (including phenoxy) is 4. The first-order valence-corrected chi connectivity index (χ1v) is 9.15. The Hall–Kier alpha value is -3.55. The van der Waals surface area contributed by atoms with Crippen molar-refractivity contribution in [1.29, 1.82) is 0 Å². The standard InChI is InChI=1S/C22H25NO7/c1-22(2,3)30-21(26)23-15-8-6-14(7-9-15)20(25)29-13-18(24)17-12-16(27-4)10-11-19(17)28-5/h6-12H,13H2,1-5H3,(H,23,26). The lowest BCUT2D eigenvalue weighted by Gasteiger charge is -2.19. The van der Waals surface area contributed by atoms with Crippen LogP contribution in [-0.4, -0.2) is 44.3 Å². The highest BCUT2D eigenvalue weighted by molar-refractivity contribution is 6.01. The Balaban J connectivity index is 1.97. The van der Waals surface area contributed by atoms with E-state index in [1.807, 2.05) is 0 Å². The van der Waals surface area contributed by atoms with Crippen molar-refractivity contribution in [3.05, 3.63) is 53.6 Å². The third kappa shape index (κ3) is 6.51. The topological polar surface area (TPSA) is 100 Å². The first kappa shape index (κ1) is 22.7. The van der Waals surface area contributed by atoms with Gasteiger partial charge in [0.05, 0.1) is 25.3 Å². The molecule has 0 aliphatic rings. The van der Waals surface area contributed by atoms with Crippen LogP contribution >= 0.6 is 0 Å². The number of rotatable bonds is 7. The molecule has 0 unspecified atom stereocenters. The summed E-state index contributed by atoms with van der Waals surface area (Å²) in [5.41, 5.74) is 0.320. The van der Waals surface area contributed by atoms with Crippen LogP contribution in [-0.2, 0) is 9.47 Å². The number of carbonyl (C=O) groups excluding carboxylic acids is 3. The summed E-state index contributed by atoms with van der Waals surface area (Å²) in [6.07, 6.45) is -0.601. The molecule has 160 valence electrons. The van der Waals surface area contributed by atoms with Crippen LogP contribution in [0.4, 0.5) is 10.5 Å². The zero-order valence-electron chi connectivity index (χ0n) is 17.6. The normalized spacial score (nSPS) is 10.7. The Kier molecular flexibility index (Phi) is 7.41. The van der Waals surface area contributed by atoms with Gasteiger partial charge in [0.1, 0.15) is 17.1 Å².